The fourth-order valence-electron chi connectivity index (χ4n) is 2.50. The summed E-state index contributed by atoms with van der Waals surface area (Å²) in [5.41, 5.74) is 0.737. The Kier molecular flexibility index (Phi) is 4.71. The van der Waals surface area contributed by atoms with E-state index in [2.05, 4.69) is 5.32 Å². The Labute approximate surface area is 158 Å². The Morgan fingerprint density at radius 1 is 1.04 bits per heavy atom. The largest absolute Gasteiger partial charge is 0.507 e. The van der Waals surface area contributed by atoms with Crippen molar-refractivity contribution in [2.45, 2.75) is 6.92 Å². The van der Waals surface area contributed by atoms with Crippen molar-refractivity contribution in [3.63, 3.8) is 0 Å². The highest BCUT2D eigenvalue weighted by Crippen LogP contribution is 2.29. The molecule has 8 heteroatoms. The average Bonchev–Trinajstić information content (AvgIpc) is 2.57. The number of urea groups is 1. The Bertz CT molecular complexity index is 985. The zero-order valence-corrected chi connectivity index (χ0v) is 14.9. The van der Waals surface area contributed by atoms with Crippen LogP contribution in [-0.2, 0) is 9.59 Å². The molecule has 2 N–H and O–H groups in total. The van der Waals surface area contributed by atoms with Gasteiger partial charge in [0, 0.05) is 15.6 Å². The molecular formula is C18H12Cl2N2O4. The molecule has 1 fully saturated rings. The molecule has 132 valence electrons. The zero-order valence-electron chi connectivity index (χ0n) is 13.4. The SMILES string of the molecule is Cc1ccc(Cl)cc1N1C(=O)NC(=O)/C(=C\c2cc(Cl)ccc2O)C1=O. The third-order valence-electron chi connectivity index (χ3n) is 3.80. The molecule has 0 aromatic heterocycles. The number of nitrogens with zero attached hydrogens (tertiary/aromatic N) is 1. The molecular weight excluding hydrogens is 379 g/mol. The van der Waals surface area contributed by atoms with Gasteiger partial charge in [0.25, 0.3) is 11.8 Å². The number of nitrogens with one attached hydrogen (secondary N) is 1. The molecule has 0 atom stereocenters. The van der Waals surface area contributed by atoms with Crippen molar-refractivity contribution in [1.82, 2.24) is 5.32 Å². The number of imide groups is 2. The number of benzene rings is 2. The van der Waals surface area contributed by atoms with E-state index in [1.807, 2.05) is 0 Å². The van der Waals surface area contributed by atoms with Crippen LogP contribution >= 0.6 is 23.2 Å². The number of aromatic hydroxyl groups is 1. The molecule has 0 bridgehead atoms. The monoisotopic (exact) mass is 390 g/mol. The lowest BCUT2D eigenvalue weighted by Gasteiger charge is -2.27. The minimum absolute atomic E-state index is 0.162. The van der Waals surface area contributed by atoms with Gasteiger partial charge in [-0.05, 0) is 48.9 Å². The minimum Gasteiger partial charge on any atom is -0.507 e. The number of anilines is 1. The van der Waals surface area contributed by atoms with Crippen LogP contribution in [0.2, 0.25) is 10.0 Å². The standard InChI is InChI=1S/C18H12Cl2N2O4/c1-9-2-3-12(20)8-14(9)22-17(25)13(16(24)21-18(22)26)7-10-6-11(19)4-5-15(10)23/h2-8,23H,1H3,(H,21,24,26)/b13-7+. The Morgan fingerprint density at radius 2 is 1.69 bits per heavy atom. The molecule has 6 nitrogen and oxygen atoms in total. The first-order valence-corrected chi connectivity index (χ1v) is 8.19. The van der Waals surface area contributed by atoms with E-state index in [1.165, 1.54) is 30.3 Å². The van der Waals surface area contributed by atoms with Crippen molar-refractivity contribution < 1.29 is 19.5 Å². The van der Waals surface area contributed by atoms with E-state index in [0.717, 1.165) is 4.90 Å². The van der Waals surface area contributed by atoms with Crippen LogP contribution in [-0.4, -0.2) is 23.0 Å². The number of barbiturate groups is 1. The van der Waals surface area contributed by atoms with Gasteiger partial charge in [0.1, 0.15) is 11.3 Å². The number of hydrogen-bond donors (Lipinski definition) is 2. The lowest BCUT2D eigenvalue weighted by molar-refractivity contribution is -0.122. The summed E-state index contributed by atoms with van der Waals surface area (Å²) in [7, 11) is 0. The first-order chi connectivity index (χ1) is 12.3. The second-order valence-corrected chi connectivity index (χ2v) is 6.46. The summed E-state index contributed by atoms with van der Waals surface area (Å²) >= 11 is 11.9. The fraction of sp³-hybridized carbons (Fsp3) is 0.0556. The summed E-state index contributed by atoms with van der Waals surface area (Å²) < 4.78 is 0. The molecule has 1 saturated heterocycles. The van der Waals surface area contributed by atoms with Crippen LogP contribution in [0.5, 0.6) is 5.75 Å². The molecule has 1 heterocycles. The molecule has 1 aliphatic rings. The number of phenolic OH excluding ortho intramolecular Hbond substituents is 1. The van der Waals surface area contributed by atoms with Crippen LogP contribution in [0.1, 0.15) is 11.1 Å². The molecule has 0 spiro atoms. The van der Waals surface area contributed by atoms with Crippen LogP contribution < -0.4 is 10.2 Å². The van der Waals surface area contributed by atoms with Gasteiger partial charge in [-0.1, -0.05) is 29.3 Å². The average molecular weight is 391 g/mol. The number of halogens is 2. The number of aryl methyl sites for hydroxylation is 1. The first kappa shape index (κ1) is 18.0. The van der Waals surface area contributed by atoms with Crippen molar-refractivity contribution in [1.29, 1.82) is 0 Å². The molecule has 0 unspecified atom stereocenters. The van der Waals surface area contributed by atoms with E-state index >= 15 is 0 Å². The topological polar surface area (TPSA) is 86.7 Å². The van der Waals surface area contributed by atoms with Gasteiger partial charge in [0.15, 0.2) is 0 Å². The highest BCUT2D eigenvalue weighted by Gasteiger charge is 2.37. The van der Waals surface area contributed by atoms with E-state index in [-0.39, 0.29) is 22.6 Å². The smallest absolute Gasteiger partial charge is 0.335 e. The van der Waals surface area contributed by atoms with E-state index in [4.69, 9.17) is 23.2 Å². The number of rotatable bonds is 2. The summed E-state index contributed by atoms with van der Waals surface area (Å²) in [4.78, 5) is 38.0. The summed E-state index contributed by atoms with van der Waals surface area (Å²) in [6, 6.07) is 8.06. The van der Waals surface area contributed by atoms with Gasteiger partial charge in [-0.3, -0.25) is 14.9 Å². The Hall–Kier alpha value is -2.83. The maximum absolute atomic E-state index is 12.8. The quantitative estimate of drug-likeness (QED) is 0.604. The van der Waals surface area contributed by atoms with Crippen LogP contribution in [0, 0.1) is 6.92 Å². The van der Waals surface area contributed by atoms with Crippen molar-refractivity contribution >= 4 is 52.8 Å². The van der Waals surface area contributed by atoms with E-state index in [1.54, 1.807) is 19.1 Å². The van der Waals surface area contributed by atoms with Crippen molar-refractivity contribution in [2.75, 3.05) is 4.90 Å². The van der Waals surface area contributed by atoms with Gasteiger partial charge < -0.3 is 5.11 Å². The predicted octanol–water partition coefficient (Wildman–Crippen LogP) is 3.67. The normalized spacial score (nSPS) is 16.2. The molecule has 26 heavy (non-hydrogen) atoms. The van der Waals surface area contributed by atoms with Crippen molar-refractivity contribution in [3.8, 4) is 5.75 Å². The highest BCUT2D eigenvalue weighted by molar-refractivity contribution is 6.40. The minimum atomic E-state index is -0.877. The fourth-order valence-corrected chi connectivity index (χ4v) is 2.84. The highest BCUT2D eigenvalue weighted by atomic mass is 35.5. The maximum atomic E-state index is 12.8. The van der Waals surface area contributed by atoms with E-state index in [0.29, 0.717) is 15.6 Å². The number of amides is 4. The lowest BCUT2D eigenvalue weighted by Crippen LogP contribution is -2.54. The second-order valence-electron chi connectivity index (χ2n) is 5.59. The molecule has 0 aliphatic carbocycles. The second kappa shape index (κ2) is 6.82. The van der Waals surface area contributed by atoms with Gasteiger partial charge >= 0.3 is 6.03 Å². The third-order valence-corrected chi connectivity index (χ3v) is 4.27. The summed E-state index contributed by atoms with van der Waals surface area (Å²) in [6.45, 7) is 1.70. The van der Waals surface area contributed by atoms with Gasteiger partial charge in [0.2, 0.25) is 0 Å². The van der Waals surface area contributed by atoms with Gasteiger partial charge in [-0.15, -0.1) is 0 Å². The Balaban J connectivity index is 2.10. The van der Waals surface area contributed by atoms with E-state index in [9.17, 15) is 19.5 Å². The van der Waals surface area contributed by atoms with Crippen LogP contribution in [0.4, 0.5) is 10.5 Å². The molecule has 0 radical (unpaired) electrons. The number of carbonyl (C=O) groups excluding carboxylic acids is 3. The van der Waals surface area contributed by atoms with Gasteiger partial charge in [-0.2, -0.15) is 0 Å². The summed E-state index contributed by atoms with van der Waals surface area (Å²) in [6.07, 6.45) is 1.18. The van der Waals surface area contributed by atoms with Crippen LogP contribution in [0.15, 0.2) is 42.0 Å². The third kappa shape index (κ3) is 3.29. The van der Waals surface area contributed by atoms with Crippen LogP contribution in [0.3, 0.4) is 0 Å². The Morgan fingerprint density at radius 3 is 2.42 bits per heavy atom. The van der Waals surface area contributed by atoms with Gasteiger partial charge in [0.05, 0.1) is 5.69 Å². The van der Waals surface area contributed by atoms with Gasteiger partial charge in [-0.25, -0.2) is 9.69 Å². The summed E-state index contributed by atoms with van der Waals surface area (Å²) in [5, 5.41) is 12.7. The number of phenols is 1. The maximum Gasteiger partial charge on any atom is 0.335 e. The molecule has 2 aromatic carbocycles. The van der Waals surface area contributed by atoms with Crippen molar-refractivity contribution in [2.24, 2.45) is 0 Å². The summed E-state index contributed by atoms with van der Waals surface area (Å²) in [5.74, 6) is -1.86. The van der Waals surface area contributed by atoms with Crippen molar-refractivity contribution in [3.05, 3.63) is 63.1 Å². The van der Waals surface area contributed by atoms with E-state index < -0.39 is 17.8 Å². The molecule has 1 aliphatic heterocycles. The number of hydrogen-bond acceptors (Lipinski definition) is 4. The van der Waals surface area contributed by atoms with Crippen LogP contribution in [0.25, 0.3) is 6.08 Å². The lowest BCUT2D eigenvalue weighted by atomic mass is 10.1. The number of carbonyl (C=O) groups is 3. The molecule has 3 rings (SSSR count). The first-order valence-electron chi connectivity index (χ1n) is 7.44. The molecule has 0 saturated carbocycles. The molecule has 2 aromatic rings. The predicted molar refractivity (Wildman–Crippen MR) is 98.3 cm³/mol. The molecule has 4 amide bonds. The zero-order chi connectivity index (χ0) is 19.0.